The summed E-state index contributed by atoms with van der Waals surface area (Å²) in [4.78, 5) is 14.2. The highest BCUT2D eigenvalue weighted by molar-refractivity contribution is 5.95. The van der Waals surface area contributed by atoms with Gasteiger partial charge in [0.2, 0.25) is 0 Å². The maximum atomic E-state index is 13.9. The van der Waals surface area contributed by atoms with Crippen molar-refractivity contribution in [3.8, 4) is 11.8 Å². The summed E-state index contributed by atoms with van der Waals surface area (Å²) in [6, 6.07) is 4.18. The molecule has 0 spiro atoms. The molecule has 5 heteroatoms. The SMILES string of the molecule is O=C(c1cc(C#CCO)ccc1F)N1CC2CCC(C1)O2. The highest BCUT2D eigenvalue weighted by Gasteiger charge is 2.36. The number of carbonyl (C=O) groups is 1. The van der Waals surface area contributed by atoms with E-state index in [0.717, 1.165) is 12.8 Å². The number of aliphatic hydroxyl groups is 1. The van der Waals surface area contributed by atoms with Crippen LogP contribution >= 0.6 is 0 Å². The number of nitrogens with zero attached hydrogens (tertiary/aromatic N) is 1. The van der Waals surface area contributed by atoms with Gasteiger partial charge in [-0.1, -0.05) is 11.8 Å². The normalized spacial score (nSPS) is 23.6. The quantitative estimate of drug-likeness (QED) is 0.790. The summed E-state index contributed by atoms with van der Waals surface area (Å²) in [5.74, 6) is 4.31. The Kier molecular flexibility index (Phi) is 3.91. The molecule has 2 aliphatic heterocycles. The van der Waals surface area contributed by atoms with E-state index in [1.807, 2.05) is 0 Å². The molecular formula is C16H16FNO3. The molecule has 4 nitrogen and oxygen atoms in total. The van der Waals surface area contributed by atoms with Crippen molar-refractivity contribution in [2.24, 2.45) is 0 Å². The van der Waals surface area contributed by atoms with E-state index in [4.69, 9.17) is 9.84 Å². The lowest BCUT2D eigenvalue weighted by Gasteiger charge is -2.32. The van der Waals surface area contributed by atoms with Gasteiger partial charge < -0.3 is 14.7 Å². The minimum absolute atomic E-state index is 0.0287. The van der Waals surface area contributed by atoms with Gasteiger partial charge in [0.15, 0.2) is 0 Å². The van der Waals surface area contributed by atoms with Crippen molar-refractivity contribution in [3.05, 3.63) is 35.1 Å². The van der Waals surface area contributed by atoms with Crippen LogP contribution in [0, 0.1) is 17.7 Å². The van der Waals surface area contributed by atoms with E-state index in [9.17, 15) is 9.18 Å². The molecule has 0 aliphatic carbocycles. The van der Waals surface area contributed by atoms with Crippen molar-refractivity contribution < 1.29 is 19.0 Å². The van der Waals surface area contributed by atoms with Crippen molar-refractivity contribution in [1.29, 1.82) is 0 Å². The van der Waals surface area contributed by atoms with Gasteiger partial charge in [-0.15, -0.1) is 0 Å². The topological polar surface area (TPSA) is 49.8 Å². The predicted molar refractivity (Wildman–Crippen MR) is 74.2 cm³/mol. The Balaban J connectivity index is 1.83. The first-order valence-electron chi connectivity index (χ1n) is 7.01. The van der Waals surface area contributed by atoms with Gasteiger partial charge in [0.05, 0.1) is 17.8 Å². The van der Waals surface area contributed by atoms with Crippen LogP contribution < -0.4 is 0 Å². The second-order valence-electron chi connectivity index (χ2n) is 5.32. The summed E-state index contributed by atoms with van der Waals surface area (Å²) >= 11 is 0. The summed E-state index contributed by atoms with van der Waals surface area (Å²) in [5.41, 5.74) is 0.547. The van der Waals surface area contributed by atoms with Crippen LogP contribution in [0.5, 0.6) is 0 Å². The number of amides is 1. The average molecular weight is 289 g/mol. The number of benzene rings is 1. The maximum Gasteiger partial charge on any atom is 0.257 e. The van der Waals surface area contributed by atoms with E-state index in [1.54, 1.807) is 4.90 Å². The molecule has 3 rings (SSSR count). The zero-order valence-electron chi connectivity index (χ0n) is 11.5. The highest BCUT2D eigenvalue weighted by Crippen LogP contribution is 2.27. The van der Waals surface area contributed by atoms with Crippen LogP contribution in [0.1, 0.15) is 28.8 Å². The van der Waals surface area contributed by atoms with Crippen molar-refractivity contribution in [2.45, 2.75) is 25.0 Å². The predicted octanol–water partition coefficient (Wildman–Crippen LogP) is 1.17. The maximum absolute atomic E-state index is 13.9. The molecule has 0 aromatic heterocycles. The Hall–Kier alpha value is -1.90. The molecule has 2 bridgehead atoms. The van der Waals surface area contributed by atoms with Crippen LogP contribution in [0.4, 0.5) is 4.39 Å². The lowest BCUT2D eigenvalue weighted by atomic mass is 10.1. The zero-order valence-corrected chi connectivity index (χ0v) is 11.5. The molecular weight excluding hydrogens is 273 g/mol. The third-order valence-corrected chi connectivity index (χ3v) is 3.84. The first kappa shape index (κ1) is 14.1. The number of aliphatic hydroxyl groups excluding tert-OH is 1. The molecule has 110 valence electrons. The van der Waals surface area contributed by atoms with E-state index >= 15 is 0 Å². The molecule has 21 heavy (non-hydrogen) atoms. The molecule has 1 aromatic carbocycles. The molecule has 0 radical (unpaired) electrons. The van der Waals surface area contributed by atoms with Crippen molar-refractivity contribution in [1.82, 2.24) is 4.90 Å². The number of rotatable bonds is 1. The summed E-state index contributed by atoms with van der Waals surface area (Å²) < 4.78 is 19.6. The van der Waals surface area contributed by atoms with Crippen molar-refractivity contribution in [3.63, 3.8) is 0 Å². The number of likely N-dealkylation sites (tertiary alicyclic amines) is 1. The van der Waals surface area contributed by atoms with E-state index in [0.29, 0.717) is 18.7 Å². The fraction of sp³-hybridized carbons (Fsp3) is 0.438. The Morgan fingerprint density at radius 2 is 2.10 bits per heavy atom. The summed E-state index contributed by atoms with van der Waals surface area (Å²) in [7, 11) is 0. The number of ether oxygens (including phenoxy) is 1. The molecule has 1 N–H and O–H groups in total. The van der Waals surface area contributed by atoms with Gasteiger partial charge in [0.1, 0.15) is 12.4 Å². The number of carbonyl (C=O) groups excluding carboxylic acids is 1. The van der Waals surface area contributed by atoms with Crippen LogP contribution in [0.2, 0.25) is 0 Å². The summed E-state index contributed by atoms with van der Waals surface area (Å²) in [6.45, 7) is 0.760. The fourth-order valence-electron chi connectivity index (χ4n) is 2.86. The minimum Gasteiger partial charge on any atom is -0.384 e. The van der Waals surface area contributed by atoms with Gasteiger partial charge >= 0.3 is 0 Å². The molecule has 0 saturated carbocycles. The highest BCUT2D eigenvalue weighted by atomic mass is 19.1. The van der Waals surface area contributed by atoms with Gasteiger partial charge in [-0.2, -0.15) is 0 Å². The summed E-state index contributed by atoms with van der Waals surface area (Å²) in [6.07, 6.45) is 2.07. The standard InChI is InChI=1S/C16H16FNO3/c17-15-6-3-11(2-1-7-19)8-14(15)16(20)18-9-12-4-5-13(10-18)21-12/h3,6,8,12-13,19H,4-5,7,9-10H2. The Morgan fingerprint density at radius 1 is 1.38 bits per heavy atom. The van der Waals surface area contributed by atoms with Crippen molar-refractivity contribution in [2.75, 3.05) is 19.7 Å². The number of hydrogen-bond acceptors (Lipinski definition) is 3. The van der Waals surface area contributed by atoms with Crippen molar-refractivity contribution >= 4 is 5.91 Å². The Bertz CT molecular complexity index is 608. The van der Waals surface area contributed by atoms with Gasteiger partial charge in [-0.3, -0.25) is 4.79 Å². The Morgan fingerprint density at radius 3 is 2.76 bits per heavy atom. The summed E-state index contributed by atoms with van der Waals surface area (Å²) in [5, 5.41) is 8.69. The number of fused-ring (bicyclic) bond motifs is 2. The lowest BCUT2D eigenvalue weighted by molar-refractivity contribution is -0.0304. The molecule has 2 aliphatic rings. The van der Waals surface area contributed by atoms with Gasteiger partial charge in [0.25, 0.3) is 5.91 Å². The number of halogens is 1. The zero-order chi connectivity index (χ0) is 14.8. The molecule has 2 saturated heterocycles. The minimum atomic E-state index is -0.548. The molecule has 1 aromatic rings. The molecule has 2 heterocycles. The molecule has 2 unspecified atom stereocenters. The number of morpholine rings is 1. The average Bonchev–Trinajstić information content (AvgIpc) is 2.84. The first-order chi connectivity index (χ1) is 10.2. The van der Waals surface area contributed by atoms with E-state index < -0.39 is 5.82 Å². The first-order valence-corrected chi connectivity index (χ1v) is 7.01. The fourth-order valence-corrected chi connectivity index (χ4v) is 2.86. The van der Waals surface area contributed by atoms with Crippen LogP contribution in [-0.4, -0.2) is 47.8 Å². The van der Waals surface area contributed by atoms with Gasteiger partial charge in [-0.05, 0) is 31.0 Å². The smallest absolute Gasteiger partial charge is 0.257 e. The Labute approximate surface area is 122 Å². The largest absolute Gasteiger partial charge is 0.384 e. The molecule has 2 fully saturated rings. The second-order valence-corrected chi connectivity index (χ2v) is 5.32. The third-order valence-electron chi connectivity index (χ3n) is 3.84. The third kappa shape index (κ3) is 2.92. The van der Waals surface area contributed by atoms with Gasteiger partial charge in [-0.25, -0.2) is 4.39 Å². The monoisotopic (exact) mass is 289 g/mol. The van der Waals surface area contributed by atoms with Gasteiger partial charge in [0, 0.05) is 18.7 Å². The molecule has 2 atom stereocenters. The second kappa shape index (κ2) is 5.84. The lowest BCUT2D eigenvalue weighted by Crippen LogP contribution is -2.46. The molecule has 1 amide bonds. The van der Waals surface area contributed by atoms with Crippen LogP contribution in [0.15, 0.2) is 18.2 Å². The van der Waals surface area contributed by atoms with Crippen LogP contribution in [0.3, 0.4) is 0 Å². The van der Waals surface area contributed by atoms with Crippen LogP contribution in [-0.2, 0) is 4.74 Å². The van der Waals surface area contributed by atoms with Crippen LogP contribution in [0.25, 0.3) is 0 Å². The van der Waals surface area contributed by atoms with E-state index in [2.05, 4.69) is 11.8 Å². The van der Waals surface area contributed by atoms with E-state index in [1.165, 1.54) is 18.2 Å². The number of hydrogen-bond donors (Lipinski definition) is 1. The van der Waals surface area contributed by atoms with E-state index in [-0.39, 0.29) is 30.3 Å².